The van der Waals surface area contributed by atoms with Crippen molar-refractivity contribution in [2.75, 3.05) is 26.2 Å². The fraction of sp³-hybridized carbons (Fsp3) is 0.333. The molecule has 0 amide bonds. The first kappa shape index (κ1) is 19.3. The van der Waals surface area contributed by atoms with Crippen LogP contribution in [0.25, 0.3) is 16.7 Å². The minimum Gasteiger partial charge on any atom is -0.298 e. The lowest BCUT2D eigenvalue weighted by atomic mass is 10.1. The van der Waals surface area contributed by atoms with Gasteiger partial charge in [0.1, 0.15) is 17.0 Å². The molecule has 3 aromatic rings. The van der Waals surface area contributed by atoms with Crippen molar-refractivity contribution in [2.24, 2.45) is 0 Å². The first-order valence-corrected chi connectivity index (χ1v) is 11.0. The van der Waals surface area contributed by atoms with Crippen molar-refractivity contribution in [3.8, 4) is 5.69 Å². The van der Waals surface area contributed by atoms with Gasteiger partial charge in [-0.15, -0.1) is 5.10 Å². The van der Waals surface area contributed by atoms with Crippen LogP contribution in [-0.2, 0) is 9.09 Å². The lowest BCUT2D eigenvalue weighted by Crippen LogP contribution is -2.12. The van der Waals surface area contributed by atoms with E-state index in [-0.39, 0.29) is 11.3 Å². The quantitative estimate of drug-likeness (QED) is 0.242. The molecule has 30 heavy (non-hydrogen) atoms. The van der Waals surface area contributed by atoms with Gasteiger partial charge in [0.25, 0.3) is 5.69 Å². The Morgan fingerprint density at radius 3 is 2.50 bits per heavy atom. The number of nitro benzene ring substituents is 1. The summed E-state index contributed by atoms with van der Waals surface area (Å²) in [6.07, 6.45) is -0.883. The van der Waals surface area contributed by atoms with Crippen molar-refractivity contribution in [3.05, 3.63) is 57.9 Å². The molecule has 0 aliphatic carbocycles. The van der Waals surface area contributed by atoms with E-state index in [1.165, 1.54) is 10.7 Å². The average Bonchev–Trinajstić information content (AvgIpc) is 3.63. The zero-order chi connectivity index (χ0) is 21.0. The smallest absolute Gasteiger partial charge is 0.298 e. The van der Waals surface area contributed by atoms with Gasteiger partial charge in [0.15, 0.2) is 0 Å². The standard InChI is InChI=1S/C18H18FN6O4P/c1-12(29-30(28,22-6-7-22)23-8-9-23)13-10-17(18(25(26)27)11-14(13)19)24-16-5-3-2-4-15(16)20-21-24/h2-5,10-12H,6-9H2,1H3. The summed E-state index contributed by atoms with van der Waals surface area (Å²) in [6.45, 7) is 4.25. The molecule has 5 rings (SSSR count). The number of nitrogens with zero attached hydrogens (tertiary/aromatic N) is 6. The highest BCUT2D eigenvalue weighted by Crippen LogP contribution is 2.63. The van der Waals surface area contributed by atoms with Gasteiger partial charge in [-0.1, -0.05) is 17.3 Å². The fourth-order valence-electron chi connectivity index (χ4n) is 3.41. The van der Waals surface area contributed by atoms with E-state index < -0.39 is 30.2 Å². The van der Waals surface area contributed by atoms with E-state index in [1.807, 2.05) is 0 Å². The molecule has 2 saturated heterocycles. The summed E-state index contributed by atoms with van der Waals surface area (Å²) in [5.41, 5.74) is 0.784. The number of para-hydroxylation sites is 1. The van der Waals surface area contributed by atoms with E-state index in [0.29, 0.717) is 37.2 Å². The summed E-state index contributed by atoms with van der Waals surface area (Å²) in [7, 11) is -3.20. The molecule has 0 saturated carbocycles. The molecule has 3 heterocycles. The van der Waals surface area contributed by atoms with Crippen LogP contribution in [0.5, 0.6) is 0 Å². The molecule has 2 aromatic carbocycles. The predicted octanol–water partition coefficient (Wildman–Crippen LogP) is 3.28. The minimum absolute atomic E-state index is 0.0637. The number of benzene rings is 2. The van der Waals surface area contributed by atoms with Crippen molar-refractivity contribution < 1.29 is 18.4 Å². The van der Waals surface area contributed by atoms with E-state index in [4.69, 9.17) is 4.52 Å². The minimum atomic E-state index is -3.20. The molecule has 0 radical (unpaired) electrons. The predicted molar refractivity (Wildman–Crippen MR) is 106 cm³/mol. The van der Waals surface area contributed by atoms with Gasteiger partial charge in [-0.25, -0.2) is 18.4 Å². The molecular formula is C18H18FN6O4P. The first-order chi connectivity index (χ1) is 14.4. The van der Waals surface area contributed by atoms with E-state index in [2.05, 4.69) is 10.3 Å². The van der Waals surface area contributed by atoms with Crippen LogP contribution < -0.4 is 0 Å². The summed E-state index contributed by atoms with van der Waals surface area (Å²) in [4.78, 5) is 10.9. The van der Waals surface area contributed by atoms with Gasteiger partial charge in [-0.05, 0) is 25.1 Å². The molecule has 2 fully saturated rings. The second-order valence-electron chi connectivity index (χ2n) is 7.26. The van der Waals surface area contributed by atoms with Crippen LogP contribution in [-0.4, -0.2) is 55.4 Å². The Hall–Kier alpha value is -2.72. The van der Waals surface area contributed by atoms with Gasteiger partial charge in [0, 0.05) is 31.7 Å². The highest BCUT2D eigenvalue weighted by molar-refractivity contribution is 7.54. The number of fused-ring (bicyclic) bond motifs is 1. The van der Waals surface area contributed by atoms with Gasteiger partial charge < -0.3 is 0 Å². The Bertz CT molecular complexity index is 1190. The van der Waals surface area contributed by atoms with Crippen LogP contribution in [0, 0.1) is 15.9 Å². The fourth-order valence-corrected chi connectivity index (χ4v) is 5.75. The van der Waals surface area contributed by atoms with Crippen LogP contribution in [0.2, 0.25) is 0 Å². The number of hydrogen-bond donors (Lipinski definition) is 0. The molecule has 1 unspecified atom stereocenters. The SMILES string of the molecule is CC(OP(=O)(N1CC1)N1CC1)c1cc(-n2nnc3ccccc32)c([N+](=O)[O-])cc1F. The molecule has 1 atom stereocenters. The van der Waals surface area contributed by atoms with Gasteiger partial charge in [-0.3, -0.25) is 19.2 Å². The van der Waals surface area contributed by atoms with Crippen LogP contribution in [0.4, 0.5) is 10.1 Å². The number of rotatable bonds is 7. The molecule has 2 aliphatic heterocycles. The molecule has 0 spiro atoms. The van der Waals surface area contributed by atoms with Crippen LogP contribution in [0.1, 0.15) is 18.6 Å². The van der Waals surface area contributed by atoms with Crippen molar-refractivity contribution in [1.82, 2.24) is 24.3 Å². The molecule has 0 N–H and O–H groups in total. The highest BCUT2D eigenvalue weighted by Gasteiger charge is 2.50. The molecule has 10 nitrogen and oxygen atoms in total. The summed E-state index contributed by atoms with van der Waals surface area (Å²) in [5, 5.41) is 19.6. The van der Waals surface area contributed by atoms with Gasteiger partial charge >= 0.3 is 7.67 Å². The third kappa shape index (κ3) is 3.20. The topological polar surface area (TPSA) is 106 Å². The van der Waals surface area contributed by atoms with Crippen molar-refractivity contribution >= 4 is 24.4 Å². The normalized spacial score (nSPS) is 17.9. The lowest BCUT2D eigenvalue weighted by Gasteiger charge is -2.24. The van der Waals surface area contributed by atoms with Crippen molar-refractivity contribution in [3.63, 3.8) is 0 Å². The van der Waals surface area contributed by atoms with Crippen LogP contribution in [0.3, 0.4) is 0 Å². The Labute approximate surface area is 170 Å². The van der Waals surface area contributed by atoms with E-state index >= 15 is 0 Å². The van der Waals surface area contributed by atoms with Crippen LogP contribution >= 0.6 is 7.67 Å². The molecule has 1 aromatic heterocycles. The zero-order valence-electron chi connectivity index (χ0n) is 16.0. The van der Waals surface area contributed by atoms with E-state index in [9.17, 15) is 19.1 Å². The zero-order valence-corrected chi connectivity index (χ0v) is 16.9. The maximum atomic E-state index is 14.9. The second-order valence-corrected chi connectivity index (χ2v) is 9.58. The Morgan fingerprint density at radius 2 is 1.87 bits per heavy atom. The molecular weight excluding hydrogens is 414 g/mol. The average molecular weight is 432 g/mol. The molecule has 12 heteroatoms. The summed E-state index contributed by atoms with van der Waals surface area (Å²) in [5.74, 6) is -0.800. The summed E-state index contributed by atoms with van der Waals surface area (Å²) in [6, 6.07) is 9.16. The summed E-state index contributed by atoms with van der Waals surface area (Å²) >= 11 is 0. The Balaban J connectivity index is 1.59. The Morgan fingerprint density at radius 1 is 1.20 bits per heavy atom. The highest BCUT2D eigenvalue weighted by atomic mass is 31.2. The third-order valence-corrected chi connectivity index (χ3v) is 7.99. The second kappa shape index (κ2) is 6.92. The number of nitro groups is 1. The summed E-state index contributed by atoms with van der Waals surface area (Å²) < 4.78 is 38.8. The molecule has 156 valence electrons. The molecule has 2 aliphatic rings. The van der Waals surface area contributed by atoms with E-state index in [1.54, 1.807) is 40.5 Å². The van der Waals surface area contributed by atoms with Gasteiger partial charge in [0.2, 0.25) is 0 Å². The Kier molecular flexibility index (Phi) is 4.44. The monoisotopic (exact) mass is 432 g/mol. The number of aromatic nitrogens is 3. The third-order valence-electron chi connectivity index (χ3n) is 5.17. The maximum absolute atomic E-state index is 14.9. The largest absolute Gasteiger partial charge is 0.346 e. The van der Waals surface area contributed by atoms with Crippen molar-refractivity contribution in [1.29, 1.82) is 0 Å². The molecule has 0 bridgehead atoms. The van der Waals surface area contributed by atoms with Gasteiger partial charge in [-0.2, -0.15) is 0 Å². The van der Waals surface area contributed by atoms with E-state index in [0.717, 1.165) is 6.07 Å². The van der Waals surface area contributed by atoms with Crippen LogP contribution in [0.15, 0.2) is 36.4 Å². The number of halogens is 1. The first-order valence-electron chi connectivity index (χ1n) is 9.46. The number of hydrogen-bond acceptors (Lipinski definition) is 6. The van der Waals surface area contributed by atoms with Gasteiger partial charge in [0.05, 0.1) is 22.6 Å². The lowest BCUT2D eigenvalue weighted by molar-refractivity contribution is -0.384. The maximum Gasteiger partial charge on any atom is 0.346 e. The van der Waals surface area contributed by atoms with Crippen molar-refractivity contribution in [2.45, 2.75) is 13.0 Å².